The van der Waals surface area contributed by atoms with Crippen molar-refractivity contribution in [3.05, 3.63) is 0 Å². The van der Waals surface area contributed by atoms with Crippen molar-refractivity contribution >= 4 is 8.25 Å². The van der Waals surface area contributed by atoms with E-state index < -0.39 is 23.3 Å². The van der Waals surface area contributed by atoms with Gasteiger partial charge in [-0.15, -0.1) is 0 Å². The zero-order valence-electron chi connectivity index (χ0n) is 3.78. The van der Waals surface area contributed by atoms with Gasteiger partial charge in [-0.3, -0.25) is 0 Å². The third kappa shape index (κ3) is 5.19. The van der Waals surface area contributed by atoms with Crippen molar-refractivity contribution in [2.75, 3.05) is 6.54 Å². The van der Waals surface area contributed by atoms with Crippen LogP contribution in [0.3, 0.4) is 0 Å². The molecule has 0 aliphatic heterocycles. The SMILES string of the molecule is NCC[CH2][Hg][Cl]. The predicted molar refractivity (Wildman–Crippen MR) is 24.3 cm³/mol. The predicted octanol–water partition coefficient (Wildman–Crippen LogP) is 0.990. The molecule has 0 amide bonds. The molecule has 6 heavy (non-hydrogen) atoms. The van der Waals surface area contributed by atoms with Gasteiger partial charge in [0, 0.05) is 0 Å². The van der Waals surface area contributed by atoms with Crippen molar-refractivity contribution in [2.24, 2.45) is 5.73 Å². The summed E-state index contributed by atoms with van der Waals surface area (Å²) >= 11 is -0.776. The monoisotopic (exact) mass is 295 g/mol. The van der Waals surface area contributed by atoms with Gasteiger partial charge in [0.2, 0.25) is 0 Å². The standard InChI is InChI=1S/C3H8N.ClH.Hg/c1-2-3-4;;/h1-4H2;1H;/q;;+1/p-1. The van der Waals surface area contributed by atoms with Gasteiger partial charge < -0.3 is 0 Å². The van der Waals surface area contributed by atoms with Gasteiger partial charge in [-0.05, 0) is 0 Å². The molecule has 34 valence electrons. The Kier molecular flexibility index (Phi) is 7.41. The molecule has 0 aromatic carbocycles. The maximum atomic E-state index is 5.55. The molecule has 0 saturated heterocycles. The summed E-state index contributed by atoms with van der Waals surface area (Å²) in [5.41, 5.74) is 5.19. The molecule has 0 aliphatic carbocycles. The van der Waals surface area contributed by atoms with E-state index in [0.717, 1.165) is 13.0 Å². The zero-order chi connectivity index (χ0) is 4.83. The van der Waals surface area contributed by atoms with Gasteiger partial charge in [-0.1, -0.05) is 0 Å². The van der Waals surface area contributed by atoms with Crippen molar-refractivity contribution in [3.8, 4) is 0 Å². The van der Waals surface area contributed by atoms with Crippen LogP contribution in [-0.4, -0.2) is 6.54 Å². The average Bonchev–Trinajstić information content (AvgIpc) is 1.61. The van der Waals surface area contributed by atoms with Crippen molar-refractivity contribution in [1.82, 2.24) is 0 Å². The van der Waals surface area contributed by atoms with Crippen LogP contribution in [0, 0.1) is 0 Å². The molecule has 0 unspecified atom stereocenters. The number of nitrogens with two attached hydrogens (primary N) is 1. The van der Waals surface area contributed by atoms with Crippen LogP contribution in [0.4, 0.5) is 0 Å². The Morgan fingerprint density at radius 1 is 1.67 bits per heavy atom. The fourth-order valence-corrected chi connectivity index (χ4v) is 3.75. The van der Waals surface area contributed by atoms with Crippen LogP contribution in [0.5, 0.6) is 0 Å². The van der Waals surface area contributed by atoms with Crippen LogP contribution >= 0.6 is 8.25 Å². The Hall–Kier alpha value is 1.19. The summed E-state index contributed by atoms with van der Waals surface area (Å²) in [6.07, 6.45) is 1.16. The first-order valence-corrected chi connectivity index (χ1v) is 12.8. The molecular formula is C3H8ClHgN. The molecule has 0 atom stereocenters. The van der Waals surface area contributed by atoms with Crippen LogP contribution < -0.4 is 5.73 Å². The second-order valence-corrected chi connectivity index (χ2v) is 8.72. The Labute approximate surface area is 54.1 Å². The summed E-state index contributed by atoms with van der Waals surface area (Å²) in [6, 6.07) is 0. The van der Waals surface area contributed by atoms with E-state index in [4.69, 9.17) is 14.0 Å². The Balaban J connectivity index is 2.34. The van der Waals surface area contributed by atoms with Crippen molar-refractivity contribution in [2.45, 2.75) is 10.4 Å². The Morgan fingerprint density at radius 3 is 2.50 bits per heavy atom. The van der Waals surface area contributed by atoms with Crippen molar-refractivity contribution < 1.29 is 23.3 Å². The van der Waals surface area contributed by atoms with E-state index >= 15 is 0 Å². The maximum absolute atomic E-state index is 5.55. The summed E-state index contributed by atoms with van der Waals surface area (Å²) in [5.74, 6) is 0. The first kappa shape index (κ1) is 7.19. The quantitative estimate of drug-likeness (QED) is 0.610. The normalized spacial score (nSPS) is 7.67. The van der Waals surface area contributed by atoms with E-state index in [1.54, 1.807) is 0 Å². The fraction of sp³-hybridized carbons (Fsp3) is 1.00. The van der Waals surface area contributed by atoms with Gasteiger partial charge in [-0.2, -0.15) is 0 Å². The van der Waals surface area contributed by atoms with Crippen LogP contribution in [0.15, 0.2) is 0 Å². The molecule has 0 fully saturated rings. The topological polar surface area (TPSA) is 26.0 Å². The second-order valence-electron chi connectivity index (χ2n) is 1.18. The molecule has 0 aromatic rings. The van der Waals surface area contributed by atoms with Gasteiger partial charge in [0.15, 0.2) is 0 Å². The van der Waals surface area contributed by atoms with E-state index in [-0.39, 0.29) is 0 Å². The number of rotatable bonds is 3. The number of halogens is 1. The zero-order valence-corrected chi connectivity index (χ0v) is 10.0. The molecule has 0 aromatic heterocycles. The molecular weight excluding hydrogens is 286 g/mol. The molecule has 0 heterocycles. The van der Waals surface area contributed by atoms with Crippen molar-refractivity contribution in [3.63, 3.8) is 0 Å². The summed E-state index contributed by atoms with van der Waals surface area (Å²) < 4.78 is 1.28. The van der Waals surface area contributed by atoms with Crippen LogP contribution in [-0.2, 0) is 23.3 Å². The minimum atomic E-state index is -0.776. The van der Waals surface area contributed by atoms with Crippen LogP contribution in [0.25, 0.3) is 0 Å². The Bertz CT molecular complexity index is 22.8. The van der Waals surface area contributed by atoms with Crippen LogP contribution in [0.1, 0.15) is 6.42 Å². The van der Waals surface area contributed by atoms with E-state index in [2.05, 4.69) is 0 Å². The van der Waals surface area contributed by atoms with Gasteiger partial charge in [0.25, 0.3) is 0 Å². The van der Waals surface area contributed by atoms with Crippen molar-refractivity contribution in [1.29, 1.82) is 0 Å². The van der Waals surface area contributed by atoms with E-state index in [1.807, 2.05) is 0 Å². The summed E-state index contributed by atoms with van der Waals surface area (Å²) in [4.78, 5) is 0. The molecule has 0 spiro atoms. The molecule has 0 rings (SSSR count). The molecule has 1 nitrogen and oxygen atoms in total. The van der Waals surface area contributed by atoms with Gasteiger partial charge >= 0.3 is 54.2 Å². The summed E-state index contributed by atoms with van der Waals surface area (Å²) in [5, 5.41) is 0. The van der Waals surface area contributed by atoms with Gasteiger partial charge in [0.1, 0.15) is 0 Å². The first-order chi connectivity index (χ1) is 2.91. The summed E-state index contributed by atoms with van der Waals surface area (Å²) in [7, 11) is 5.55. The van der Waals surface area contributed by atoms with E-state index in [9.17, 15) is 0 Å². The Morgan fingerprint density at radius 2 is 2.33 bits per heavy atom. The molecule has 0 bridgehead atoms. The first-order valence-electron chi connectivity index (χ1n) is 2.18. The molecule has 0 radical (unpaired) electrons. The summed E-state index contributed by atoms with van der Waals surface area (Å²) in [6.45, 7) is 0.826. The van der Waals surface area contributed by atoms with E-state index in [1.165, 1.54) is 3.93 Å². The molecule has 0 aliphatic rings. The molecule has 3 heteroatoms. The number of hydrogen-bond donors (Lipinski definition) is 1. The van der Waals surface area contributed by atoms with E-state index in [0.29, 0.717) is 0 Å². The number of hydrogen-bond acceptors (Lipinski definition) is 1. The second kappa shape index (κ2) is 6.19. The van der Waals surface area contributed by atoms with Crippen LogP contribution in [0.2, 0.25) is 3.93 Å². The average molecular weight is 294 g/mol. The third-order valence-electron chi connectivity index (χ3n) is 0.588. The minimum absolute atomic E-state index is 0.776. The molecule has 2 N–H and O–H groups in total. The molecule has 0 saturated carbocycles. The third-order valence-corrected chi connectivity index (χ3v) is 5.92. The van der Waals surface area contributed by atoms with Gasteiger partial charge in [-0.25, -0.2) is 0 Å². The fourth-order valence-electron chi connectivity index (χ4n) is 0.239. The van der Waals surface area contributed by atoms with Gasteiger partial charge in [0.05, 0.1) is 0 Å².